The number of amides is 3. The van der Waals surface area contributed by atoms with Crippen LogP contribution in [0.3, 0.4) is 0 Å². The first kappa shape index (κ1) is 20.9. The number of rotatable bonds is 8. The largest absolute Gasteiger partial charge is 0.393 e. The van der Waals surface area contributed by atoms with Crippen molar-refractivity contribution in [1.29, 1.82) is 0 Å². The van der Waals surface area contributed by atoms with Crippen LogP contribution >= 0.6 is 0 Å². The fourth-order valence-corrected chi connectivity index (χ4v) is 4.19. The van der Waals surface area contributed by atoms with Crippen molar-refractivity contribution in [2.45, 2.75) is 44.2 Å². The Kier molecular flexibility index (Phi) is 5.69. The number of β-lactam (4-membered cyclic amide) rings is 1. The number of nitrogens with zero attached hydrogens (tertiary/aromatic N) is 5. The second-order valence-electron chi connectivity index (χ2n) is 7.79. The summed E-state index contributed by atoms with van der Waals surface area (Å²) < 4.78 is 1.37. The summed E-state index contributed by atoms with van der Waals surface area (Å²) in [5, 5.41) is 13.5. The number of aliphatic hydroxyl groups excluding tert-OH is 1. The van der Waals surface area contributed by atoms with Gasteiger partial charge in [-0.25, -0.2) is 9.67 Å². The van der Waals surface area contributed by atoms with E-state index < -0.39 is 23.5 Å². The molecule has 29 heavy (non-hydrogen) atoms. The number of hydrogen-bond acceptors (Lipinski definition) is 7. The molecule has 2 aliphatic rings. The van der Waals surface area contributed by atoms with Gasteiger partial charge in [-0.15, -0.1) is 0 Å². The Morgan fingerprint density at radius 3 is 2.66 bits per heavy atom. The summed E-state index contributed by atoms with van der Waals surface area (Å²) in [7, 11) is 1.61. The summed E-state index contributed by atoms with van der Waals surface area (Å²) in [6.07, 6.45) is 1.77. The van der Waals surface area contributed by atoms with Gasteiger partial charge in [0.1, 0.15) is 11.9 Å². The Bertz CT molecular complexity index is 836. The Morgan fingerprint density at radius 1 is 1.38 bits per heavy atom. The van der Waals surface area contributed by atoms with Crippen molar-refractivity contribution in [2.24, 2.45) is 18.7 Å². The number of aromatic nitrogens is 3. The predicted molar refractivity (Wildman–Crippen MR) is 99.2 cm³/mol. The highest BCUT2D eigenvalue weighted by Gasteiger charge is 2.60. The van der Waals surface area contributed by atoms with E-state index in [1.165, 1.54) is 27.7 Å². The summed E-state index contributed by atoms with van der Waals surface area (Å²) in [4.78, 5) is 56.2. The summed E-state index contributed by atoms with van der Waals surface area (Å²) in [6, 6.07) is 0. The van der Waals surface area contributed by atoms with E-state index in [1.807, 2.05) is 0 Å². The lowest BCUT2D eigenvalue weighted by Gasteiger charge is -2.50. The van der Waals surface area contributed by atoms with Crippen LogP contribution in [-0.2, 0) is 21.4 Å². The van der Waals surface area contributed by atoms with E-state index in [0.717, 1.165) is 0 Å². The number of carbonyl (C=O) groups excluding carboxylic acids is 4. The van der Waals surface area contributed by atoms with E-state index in [2.05, 4.69) is 10.1 Å². The highest BCUT2D eigenvalue weighted by Crippen LogP contribution is 2.39. The standard InChI is InChI=1S/C18H26N6O5/c1-11(25)13(14(19)27)5-4-12(26)8-23-9-18(17(23)29)6-3-7-24(18)16(28)15-20-10-21-22(15)2/h10-11,13,25H,3-9H2,1-2H3,(H2,19,27)/t11-,13+,18?/m1/s1. The highest BCUT2D eigenvalue weighted by molar-refractivity contribution is 6.02. The summed E-state index contributed by atoms with van der Waals surface area (Å²) in [5.41, 5.74) is 4.32. The molecule has 158 valence electrons. The van der Waals surface area contributed by atoms with Crippen LogP contribution in [0.4, 0.5) is 0 Å². The van der Waals surface area contributed by atoms with E-state index in [1.54, 1.807) is 7.05 Å². The molecule has 1 spiro atoms. The average molecular weight is 406 g/mol. The lowest BCUT2D eigenvalue weighted by atomic mass is 9.85. The summed E-state index contributed by atoms with van der Waals surface area (Å²) >= 11 is 0. The maximum absolute atomic E-state index is 12.9. The number of likely N-dealkylation sites (tertiary alicyclic amines) is 2. The molecule has 1 aromatic rings. The van der Waals surface area contributed by atoms with Crippen molar-refractivity contribution >= 4 is 23.5 Å². The summed E-state index contributed by atoms with van der Waals surface area (Å²) in [6.45, 7) is 2.11. The van der Waals surface area contributed by atoms with Crippen LogP contribution in [0.5, 0.6) is 0 Å². The SMILES string of the molecule is C[C@@H](O)[C@H](CCC(=O)CN1CC2(CCCN2C(=O)c2ncnn2C)C1=O)C(N)=O. The smallest absolute Gasteiger partial charge is 0.292 e. The minimum absolute atomic E-state index is 0.0386. The molecule has 1 unspecified atom stereocenters. The minimum atomic E-state index is -0.937. The zero-order valence-corrected chi connectivity index (χ0v) is 16.6. The van der Waals surface area contributed by atoms with E-state index in [0.29, 0.717) is 19.4 Å². The maximum Gasteiger partial charge on any atom is 0.292 e. The van der Waals surface area contributed by atoms with Crippen LogP contribution in [0.15, 0.2) is 6.33 Å². The third-order valence-electron chi connectivity index (χ3n) is 5.82. The molecule has 11 nitrogen and oxygen atoms in total. The molecule has 3 rings (SSSR count). The second kappa shape index (κ2) is 7.90. The molecular weight excluding hydrogens is 380 g/mol. The first-order valence-corrected chi connectivity index (χ1v) is 9.62. The van der Waals surface area contributed by atoms with E-state index >= 15 is 0 Å². The van der Waals surface area contributed by atoms with Crippen molar-refractivity contribution < 1.29 is 24.3 Å². The van der Waals surface area contributed by atoms with Crippen LogP contribution < -0.4 is 5.73 Å². The van der Waals surface area contributed by atoms with Gasteiger partial charge in [0, 0.05) is 20.0 Å². The van der Waals surface area contributed by atoms with Crippen LogP contribution in [-0.4, -0.2) is 84.5 Å². The number of aliphatic hydroxyl groups is 1. The minimum Gasteiger partial charge on any atom is -0.393 e. The molecule has 0 aromatic carbocycles. The molecule has 3 atom stereocenters. The predicted octanol–water partition coefficient (Wildman–Crippen LogP) is -1.54. The fraction of sp³-hybridized carbons (Fsp3) is 0.667. The van der Waals surface area contributed by atoms with Gasteiger partial charge in [-0.2, -0.15) is 5.10 Å². The van der Waals surface area contributed by atoms with E-state index in [9.17, 15) is 24.3 Å². The molecule has 2 aliphatic heterocycles. The third kappa shape index (κ3) is 3.74. The highest BCUT2D eigenvalue weighted by atomic mass is 16.3. The molecular formula is C18H26N6O5. The van der Waals surface area contributed by atoms with Crippen molar-refractivity contribution in [3.63, 3.8) is 0 Å². The van der Waals surface area contributed by atoms with Gasteiger partial charge in [0.15, 0.2) is 5.78 Å². The first-order chi connectivity index (χ1) is 13.7. The van der Waals surface area contributed by atoms with Crippen LogP contribution in [0.25, 0.3) is 0 Å². The van der Waals surface area contributed by atoms with Crippen molar-refractivity contribution in [2.75, 3.05) is 19.6 Å². The number of aryl methyl sites for hydroxylation is 1. The monoisotopic (exact) mass is 406 g/mol. The van der Waals surface area contributed by atoms with Gasteiger partial charge in [-0.3, -0.25) is 19.2 Å². The van der Waals surface area contributed by atoms with Gasteiger partial charge in [-0.1, -0.05) is 0 Å². The molecule has 0 radical (unpaired) electrons. The summed E-state index contributed by atoms with van der Waals surface area (Å²) in [5.74, 6) is -2.10. The van der Waals surface area contributed by atoms with Crippen LogP contribution in [0.2, 0.25) is 0 Å². The number of primary amides is 1. The van der Waals surface area contributed by atoms with Gasteiger partial charge in [0.05, 0.1) is 25.1 Å². The van der Waals surface area contributed by atoms with E-state index in [4.69, 9.17) is 5.73 Å². The van der Waals surface area contributed by atoms with Gasteiger partial charge < -0.3 is 20.6 Å². The van der Waals surface area contributed by atoms with Gasteiger partial charge in [-0.05, 0) is 26.2 Å². The molecule has 0 aliphatic carbocycles. The van der Waals surface area contributed by atoms with Crippen molar-refractivity contribution in [1.82, 2.24) is 24.6 Å². The van der Waals surface area contributed by atoms with Gasteiger partial charge in [0.25, 0.3) is 11.8 Å². The maximum atomic E-state index is 12.9. The van der Waals surface area contributed by atoms with Crippen molar-refractivity contribution in [3.05, 3.63) is 12.2 Å². The fourth-order valence-electron chi connectivity index (χ4n) is 4.19. The molecule has 0 bridgehead atoms. The molecule has 2 fully saturated rings. The van der Waals surface area contributed by atoms with Gasteiger partial charge >= 0.3 is 0 Å². The van der Waals surface area contributed by atoms with Crippen molar-refractivity contribution in [3.8, 4) is 0 Å². The molecule has 11 heteroatoms. The Hall–Kier alpha value is -2.82. The number of nitrogens with two attached hydrogens (primary N) is 1. The topological polar surface area (TPSA) is 152 Å². The van der Waals surface area contributed by atoms with Gasteiger partial charge in [0.2, 0.25) is 11.7 Å². The number of carbonyl (C=O) groups is 4. The third-order valence-corrected chi connectivity index (χ3v) is 5.82. The molecule has 3 amide bonds. The molecule has 2 saturated heterocycles. The normalized spacial score (nSPS) is 23.2. The number of Topliss-reactive ketones (excluding diaryl/α,β-unsaturated/α-hetero) is 1. The molecule has 3 N–H and O–H groups in total. The Labute approximate surface area is 167 Å². The quantitative estimate of drug-likeness (QED) is 0.497. The molecule has 3 heterocycles. The van der Waals surface area contributed by atoms with E-state index in [-0.39, 0.29) is 49.4 Å². The number of ketones is 1. The lowest BCUT2D eigenvalue weighted by molar-refractivity contribution is -0.160. The zero-order valence-electron chi connectivity index (χ0n) is 16.6. The Balaban J connectivity index is 1.59. The zero-order chi connectivity index (χ0) is 21.3. The Morgan fingerprint density at radius 2 is 2.10 bits per heavy atom. The molecule has 1 aromatic heterocycles. The lowest BCUT2D eigenvalue weighted by Crippen LogP contribution is -2.73. The average Bonchev–Trinajstić information content (AvgIpc) is 3.28. The van der Waals surface area contributed by atoms with Crippen LogP contribution in [0.1, 0.15) is 43.2 Å². The number of hydrogen-bond donors (Lipinski definition) is 2. The molecule has 0 saturated carbocycles. The van der Waals surface area contributed by atoms with Crippen LogP contribution in [0, 0.1) is 5.92 Å². The first-order valence-electron chi connectivity index (χ1n) is 9.62. The second-order valence-corrected chi connectivity index (χ2v) is 7.79.